The van der Waals surface area contributed by atoms with Crippen LogP contribution in [0.25, 0.3) is 0 Å². The normalized spacial score (nSPS) is 11.1. The van der Waals surface area contributed by atoms with Crippen LogP contribution in [0.1, 0.15) is 36.8 Å². The minimum absolute atomic E-state index is 0.0393. The quantitative estimate of drug-likeness (QED) is 0.873. The number of anilines is 1. The number of aromatic nitrogens is 1. The lowest BCUT2D eigenvalue weighted by Crippen LogP contribution is -2.27. The van der Waals surface area contributed by atoms with Crippen LogP contribution < -0.4 is 10.6 Å². The minimum atomic E-state index is -0.172. The van der Waals surface area contributed by atoms with Crippen LogP contribution in [0.4, 0.5) is 5.69 Å². The number of amides is 1. The van der Waals surface area contributed by atoms with Gasteiger partial charge >= 0.3 is 0 Å². The van der Waals surface area contributed by atoms with Gasteiger partial charge in [0.05, 0.1) is 11.9 Å². The van der Waals surface area contributed by atoms with Gasteiger partial charge in [0.2, 0.25) is 0 Å². The van der Waals surface area contributed by atoms with E-state index in [0.29, 0.717) is 17.3 Å². The molecule has 0 atom stereocenters. The number of nitrogens with zero attached hydrogens (tertiary/aromatic N) is 1. The zero-order valence-corrected chi connectivity index (χ0v) is 14.4. The molecule has 122 valence electrons. The number of pyridine rings is 1. The topological polar surface area (TPSA) is 54.0 Å². The van der Waals surface area contributed by atoms with Crippen molar-refractivity contribution in [3.8, 4) is 0 Å². The Hall–Kier alpha value is -2.07. The number of benzene rings is 1. The fourth-order valence-corrected chi connectivity index (χ4v) is 2.35. The second-order valence-corrected chi connectivity index (χ2v) is 6.88. The second-order valence-electron chi connectivity index (χ2n) is 6.44. The number of nitrogens with one attached hydrogen (secondary N) is 2. The largest absolute Gasteiger partial charge is 0.379 e. The highest BCUT2D eigenvalue weighted by Crippen LogP contribution is 2.13. The zero-order valence-electron chi connectivity index (χ0n) is 13.7. The molecule has 2 rings (SSSR count). The van der Waals surface area contributed by atoms with Crippen LogP contribution in [0.3, 0.4) is 0 Å². The van der Waals surface area contributed by atoms with Gasteiger partial charge in [0.25, 0.3) is 5.91 Å². The predicted molar refractivity (Wildman–Crippen MR) is 95.1 cm³/mol. The number of halogens is 1. The van der Waals surface area contributed by atoms with E-state index < -0.39 is 0 Å². The Labute approximate surface area is 142 Å². The molecule has 0 bridgehead atoms. The highest BCUT2D eigenvalue weighted by molar-refractivity contribution is 6.30. The predicted octanol–water partition coefficient (Wildman–Crippen LogP) is 3.92. The summed E-state index contributed by atoms with van der Waals surface area (Å²) in [5, 5.41) is 6.89. The molecule has 0 aliphatic carbocycles. The van der Waals surface area contributed by atoms with Crippen molar-refractivity contribution in [1.29, 1.82) is 0 Å². The Morgan fingerprint density at radius 1 is 1.22 bits per heavy atom. The van der Waals surface area contributed by atoms with Crippen LogP contribution in [0.15, 0.2) is 42.6 Å². The van der Waals surface area contributed by atoms with Crippen molar-refractivity contribution in [2.45, 2.75) is 32.7 Å². The smallest absolute Gasteiger partial charge is 0.269 e. The SMILES string of the molecule is CC(C)(C)Nc1ccc(C(=O)NCCc2cccc(Cl)c2)nc1. The van der Waals surface area contributed by atoms with Crippen LogP contribution in [-0.4, -0.2) is 23.0 Å². The van der Waals surface area contributed by atoms with Crippen molar-refractivity contribution >= 4 is 23.2 Å². The summed E-state index contributed by atoms with van der Waals surface area (Å²) in [6.45, 7) is 6.76. The van der Waals surface area contributed by atoms with Crippen molar-refractivity contribution in [2.75, 3.05) is 11.9 Å². The minimum Gasteiger partial charge on any atom is -0.379 e. The molecule has 2 N–H and O–H groups in total. The summed E-state index contributed by atoms with van der Waals surface area (Å²) in [6, 6.07) is 11.2. The fraction of sp³-hybridized carbons (Fsp3) is 0.333. The molecule has 0 saturated heterocycles. The van der Waals surface area contributed by atoms with Gasteiger partial charge in [-0.25, -0.2) is 4.98 Å². The maximum absolute atomic E-state index is 12.1. The van der Waals surface area contributed by atoms with Crippen molar-refractivity contribution in [1.82, 2.24) is 10.3 Å². The van der Waals surface area contributed by atoms with Crippen molar-refractivity contribution < 1.29 is 4.79 Å². The molecule has 1 aromatic heterocycles. The van der Waals surface area contributed by atoms with Crippen LogP contribution in [0, 0.1) is 0 Å². The first-order valence-electron chi connectivity index (χ1n) is 7.60. The van der Waals surface area contributed by atoms with Crippen molar-refractivity contribution in [3.05, 3.63) is 58.9 Å². The summed E-state index contributed by atoms with van der Waals surface area (Å²) in [6.07, 6.45) is 2.41. The molecule has 0 radical (unpaired) electrons. The van der Waals surface area contributed by atoms with E-state index >= 15 is 0 Å². The molecule has 2 aromatic rings. The van der Waals surface area contributed by atoms with Gasteiger partial charge in [0.1, 0.15) is 5.69 Å². The third-order valence-electron chi connectivity index (χ3n) is 3.10. The Morgan fingerprint density at radius 3 is 2.61 bits per heavy atom. The lowest BCUT2D eigenvalue weighted by Gasteiger charge is -2.21. The van der Waals surface area contributed by atoms with E-state index in [0.717, 1.165) is 17.7 Å². The highest BCUT2D eigenvalue weighted by Gasteiger charge is 2.11. The first-order chi connectivity index (χ1) is 10.8. The highest BCUT2D eigenvalue weighted by atomic mass is 35.5. The lowest BCUT2D eigenvalue weighted by molar-refractivity contribution is 0.0949. The van der Waals surface area contributed by atoms with E-state index in [1.54, 1.807) is 12.3 Å². The summed E-state index contributed by atoms with van der Waals surface area (Å²) in [5.74, 6) is -0.172. The first kappa shape index (κ1) is 17.3. The Morgan fingerprint density at radius 2 is 2.00 bits per heavy atom. The van der Waals surface area contributed by atoms with E-state index in [2.05, 4.69) is 36.4 Å². The average molecular weight is 332 g/mol. The molecule has 1 heterocycles. The summed E-state index contributed by atoms with van der Waals surface area (Å²) in [5.41, 5.74) is 2.36. The monoisotopic (exact) mass is 331 g/mol. The van der Waals surface area contributed by atoms with Crippen molar-refractivity contribution in [3.63, 3.8) is 0 Å². The average Bonchev–Trinajstić information content (AvgIpc) is 2.46. The van der Waals surface area contributed by atoms with Crippen LogP contribution >= 0.6 is 11.6 Å². The Balaban J connectivity index is 1.86. The molecule has 23 heavy (non-hydrogen) atoms. The second kappa shape index (κ2) is 7.47. The molecule has 0 aliphatic heterocycles. The van der Waals surface area contributed by atoms with Crippen LogP contribution in [-0.2, 0) is 6.42 Å². The summed E-state index contributed by atoms with van der Waals surface area (Å²) < 4.78 is 0. The first-order valence-corrected chi connectivity index (χ1v) is 7.98. The number of carbonyl (C=O) groups is 1. The van der Waals surface area contributed by atoms with Gasteiger partial charge in [0.15, 0.2) is 0 Å². The van der Waals surface area contributed by atoms with Crippen LogP contribution in [0.2, 0.25) is 5.02 Å². The molecule has 1 amide bonds. The van der Waals surface area contributed by atoms with Gasteiger partial charge in [-0.05, 0) is 57.0 Å². The standard InChI is InChI=1S/C18H22ClN3O/c1-18(2,3)22-15-7-8-16(21-12-15)17(23)20-10-9-13-5-4-6-14(19)11-13/h4-8,11-12,22H,9-10H2,1-3H3,(H,20,23). The Kier molecular flexibility index (Phi) is 5.61. The molecule has 0 fully saturated rings. The van der Waals surface area contributed by atoms with Gasteiger partial charge in [-0.2, -0.15) is 0 Å². The lowest BCUT2D eigenvalue weighted by atomic mass is 10.1. The van der Waals surface area contributed by atoms with E-state index in [9.17, 15) is 4.79 Å². The molecule has 1 aromatic carbocycles. The fourth-order valence-electron chi connectivity index (χ4n) is 2.14. The number of rotatable bonds is 5. The number of carbonyl (C=O) groups excluding carboxylic acids is 1. The van der Waals surface area contributed by atoms with Gasteiger partial charge in [0, 0.05) is 17.1 Å². The molecule has 0 spiro atoms. The molecular weight excluding hydrogens is 310 g/mol. The zero-order chi connectivity index (χ0) is 16.9. The van der Waals surface area contributed by atoms with Gasteiger partial charge < -0.3 is 10.6 Å². The maximum Gasteiger partial charge on any atom is 0.269 e. The summed E-state index contributed by atoms with van der Waals surface area (Å²) in [7, 11) is 0. The molecule has 4 nitrogen and oxygen atoms in total. The summed E-state index contributed by atoms with van der Waals surface area (Å²) >= 11 is 5.94. The maximum atomic E-state index is 12.1. The number of hydrogen-bond donors (Lipinski definition) is 2. The van der Waals surface area contributed by atoms with E-state index in [1.165, 1.54) is 0 Å². The molecule has 0 aliphatic rings. The van der Waals surface area contributed by atoms with Crippen molar-refractivity contribution in [2.24, 2.45) is 0 Å². The third kappa shape index (κ3) is 5.91. The molecular formula is C18H22ClN3O. The Bertz CT molecular complexity index is 663. The molecule has 0 saturated carbocycles. The van der Waals surface area contributed by atoms with E-state index in [-0.39, 0.29) is 11.4 Å². The number of hydrogen-bond acceptors (Lipinski definition) is 3. The van der Waals surface area contributed by atoms with Crippen LogP contribution in [0.5, 0.6) is 0 Å². The van der Waals surface area contributed by atoms with Gasteiger partial charge in [-0.3, -0.25) is 4.79 Å². The summed E-state index contributed by atoms with van der Waals surface area (Å²) in [4.78, 5) is 16.3. The molecule has 0 unspecified atom stereocenters. The van der Waals surface area contributed by atoms with E-state index in [1.807, 2.05) is 30.3 Å². The molecule has 5 heteroatoms. The van der Waals surface area contributed by atoms with Gasteiger partial charge in [-0.15, -0.1) is 0 Å². The van der Waals surface area contributed by atoms with E-state index in [4.69, 9.17) is 11.6 Å². The van der Waals surface area contributed by atoms with Gasteiger partial charge in [-0.1, -0.05) is 23.7 Å². The third-order valence-corrected chi connectivity index (χ3v) is 3.34.